The number of carbonyl (C=O) groups excluding carboxylic acids is 2. The highest BCUT2D eigenvalue weighted by molar-refractivity contribution is 6.01. The van der Waals surface area contributed by atoms with Crippen LogP contribution in [0.15, 0.2) is 46.1 Å². The minimum atomic E-state index is 0.0314. The highest BCUT2D eigenvalue weighted by Gasteiger charge is 2.30. The van der Waals surface area contributed by atoms with E-state index < -0.39 is 0 Å². The molecule has 3 aliphatic rings. The van der Waals surface area contributed by atoms with Gasteiger partial charge in [-0.1, -0.05) is 66.7 Å². The van der Waals surface area contributed by atoms with Crippen LogP contribution in [0.25, 0.3) is 0 Å². The first-order valence-electron chi connectivity index (χ1n) is 14.5. The monoisotopic (exact) mass is 479 g/mol. The van der Waals surface area contributed by atoms with Gasteiger partial charge in [-0.25, -0.2) is 0 Å². The molecule has 0 N–H and O–H groups in total. The standard InChI is InChI=1S/C32H49NO2/c1-4-29-16-12-8-7-11-15-28(24-33-31(34)21-22-32(33)35)18-17-27-19-20-30(23-27)26(3)14-10-6-5-9-13-25(29)2/h12,16-17,28H,4-11,13-15,18-24H2,1-3H3/b16-12-,27-17-,29-25+,30-26+. The molecule has 2 fully saturated rings. The molecule has 3 nitrogen and oxygen atoms in total. The van der Waals surface area contributed by atoms with Gasteiger partial charge in [0.1, 0.15) is 0 Å². The van der Waals surface area contributed by atoms with Crippen molar-refractivity contribution in [2.24, 2.45) is 5.92 Å². The van der Waals surface area contributed by atoms with Crippen LogP contribution in [-0.2, 0) is 9.59 Å². The molecule has 1 saturated carbocycles. The van der Waals surface area contributed by atoms with Crippen molar-refractivity contribution in [1.82, 2.24) is 4.90 Å². The summed E-state index contributed by atoms with van der Waals surface area (Å²) in [7, 11) is 0. The Morgan fingerprint density at radius 3 is 2.26 bits per heavy atom. The molecule has 0 aromatic carbocycles. The van der Waals surface area contributed by atoms with Gasteiger partial charge in [-0.2, -0.15) is 0 Å². The van der Waals surface area contributed by atoms with E-state index in [-0.39, 0.29) is 11.8 Å². The van der Waals surface area contributed by atoms with Gasteiger partial charge < -0.3 is 0 Å². The summed E-state index contributed by atoms with van der Waals surface area (Å²) in [5.41, 5.74) is 7.95. The molecule has 3 heteroatoms. The number of allylic oxidation sites excluding steroid dienone is 8. The summed E-state index contributed by atoms with van der Waals surface area (Å²) in [4.78, 5) is 26.0. The third-order valence-corrected chi connectivity index (χ3v) is 8.46. The zero-order valence-corrected chi connectivity index (χ0v) is 22.8. The van der Waals surface area contributed by atoms with Gasteiger partial charge in [0.15, 0.2) is 0 Å². The molecule has 0 aromatic heterocycles. The molecule has 0 radical (unpaired) electrons. The average molecular weight is 480 g/mol. The molecule has 1 atom stereocenters. The number of rotatable bonds is 3. The van der Waals surface area contributed by atoms with Crippen molar-refractivity contribution < 1.29 is 9.59 Å². The molecular weight excluding hydrogens is 430 g/mol. The third-order valence-electron chi connectivity index (χ3n) is 8.46. The lowest BCUT2D eigenvalue weighted by molar-refractivity contribution is -0.139. The van der Waals surface area contributed by atoms with Gasteiger partial charge in [0, 0.05) is 19.4 Å². The molecule has 2 bridgehead atoms. The van der Waals surface area contributed by atoms with Crippen LogP contribution >= 0.6 is 0 Å². The summed E-state index contributed by atoms with van der Waals surface area (Å²) in [5.74, 6) is 0.446. The van der Waals surface area contributed by atoms with E-state index in [1.807, 2.05) is 0 Å². The number of nitrogens with zero attached hydrogens (tertiary/aromatic N) is 1. The van der Waals surface area contributed by atoms with Crippen molar-refractivity contribution in [3.63, 3.8) is 0 Å². The van der Waals surface area contributed by atoms with E-state index in [9.17, 15) is 9.59 Å². The first-order chi connectivity index (χ1) is 17.0. The van der Waals surface area contributed by atoms with Crippen LogP contribution in [0.3, 0.4) is 0 Å². The predicted molar refractivity (Wildman–Crippen MR) is 147 cm³/mol. The van der Waals surface area contributed by atoms with E-state index >= 15 is 0 Å². The van der Waals surface area contributed by atoms with Crippen molar-refractivity contribution in [2.45, 2.75) is 130 Å². The summed E-state index contributed by atoms with van der Waals surface area (Å²) in [5, 5.41) is 0. The Labute approximate surface area is 214 Å². The largest absolute Gasteiger partial charge is 0.282 e. The topological polar surface area (TPSA) is 37.4 Å². The summed E-state index contributed by atoms with van der Waals surface area (Å²) in [6, 6.07) is 0. The van der Waals surface area contributed by atoms with Crippen molar-refractivity contribution in [3.05, 3.63) is 46.1 Å². The van der Waals surface area contributed by atoms with Crippen LogP contribution in [0.2, 0.25) is 0 Å². The molecule has 35 heavy (non-hydrogen) atoms. The second kappa shape index (κ2) is 14.6. The predicted octanol–water partition coefficient (Wildman–Crippen LogP) is 8.77. The Balaban J connectivity index is 1.68. The van der Waals surface area contributed by atoms with Gasteiger partial charge >= 0.3 is 0 Å². The second-order valence-electron chi connectivity index (χ2n) is 11.2. The Bertz CT molecular complexity index is 841. The van der Waals surface area contributed by atoms with Gasteiger partial charge in [-0.05, 0) is 102 Å². The fourth-order valence-electron chi connectivity index (χ4n) is 5.96. The number of carbonyl (C=O) groups is 2. The van der Waals surface area contributed by atoms with E-state index in [0.29, 0.717) is 25.3 Å². The molecule has 0 spiro atoms. The SMILES string of the molecule is CCC1=C(/C)CCCCCC/C(C)=C2\CC/C(=C/CC(CN3C(=O)CCC3=O)CCCC/C=C\1)C2. The van der Waals surface area contributed by atoms with E-state index in [1.165, 1.54) is 63.4 Å². The number of imide groups is 1. The van der Waals surface area contributed by atoms with Gasteiger partial charge in [0.25, 0.3) is 0 Å². The third kappa shape index (κ3) is 8.92. The molecule has 194 valence electrons. The number of amides is 2. The van der Waals surface area contributed by atoms with Crippen LogP contribution in [-0.4, -0.2) is 23.3 Å². The second-order valence-corrected chi connectivity index (χ2v) is 11.2. The van der Waals surface area contributed by atoms with E-state index in [4.69, 9.17) is 0 Å². The molecular formula is C32H49NO2. The maximum Gasteiger partial charge on any atom is 0.229 e. The van der Waals surface area contributed by atoms with E-state index in [0.717, 1.165) is 38.5 Å². The van der Waals surface area contributed by atoms with Gasteiger partial charge in [-0.15, -0.1) is 0 Å². The molecule has 2 amide bonds. The smallest absolute Gasteiger partial charge is 0.229 e. The van der Waals surface area contributed by atoms with Gasteiger partial charge in [0.2, 0.25) is 11.8 Å². The Morgan fingerprint density at radius 1 is 0.829 bits per heavy atom. The fourth-order valence-corrected chi connectivity index (χ4v) is 5.96. The van der Waals surface area contributed by atoms with Crippen LogP contribution in [0, 0.1) is 5.92 Å². The minimum absolute atomic E-state index is 0.0314. The van der Waals surface area contributed by atoms with Gasteiger partial charge in [-0.3, -0.25) is 14.5 Å². The lowest BCUT2D eigenvalue weighted by Crippen LogP contribution is -2.34. The molecule has 1 saturated heterocycles. The van der Waals surface area contributed by atoms with Crippen LogP contribution in [0.5, 0.6) is 0 Å². The summed E-state index contributed by atoms with van der Waals surface area (Å²) in [6.07, 6.45) is 26.0. The van der Waals surface area contributed by atoms with Crippen molar-refractivity contribution in [3.8, 4) is 0 Å². The summed E-state index contributed by atoms with van der Waals surface area (Å²) in [6.45, 7) is 7.56. The lowest BCUT2D eigenvalue weighted by atomic mass is 9.95. The Kier molecular flexibility index (Phi) is 11.6. The zero-order valence-electron chi connectivity index (χ0n) is 22.8. The Morgan fingerprint density at radius 2 is 1.54 bits per heavy atom. The molecule has 3 rings (SSSR count). The average Bonchev–Trinajstić information content (AvgIpc) is 3.45. The van der Waals surface area contributed by atoms with Crippen molar-refractivity contribution in [2.75, 3.05) is 6.54 Å². The van der Waals surface area contributed by atoms with Crippen LogP contribution in [0.4, 0.5) is 0 Å². The molecule has 2 aliphatic carbocycles. The van der Waals surface area contributed by atoms with Crippen LogP contribution < -0.4 is 0 Å². The molecule has 1 aliphatic heterocycles. The molecule has 0 aromatic rings. The summed E-state index contributed by atoms with van der Waals surface area (Å²) < 4.78 is 0. The molecule has 1 heterocycles. The number of fused-ring (bicyclic) bond motifs is 2. The fraction of sp³-hybridized carbons (Fsp3) is 0.688. The number of hydrogen-bond donors (Lipinski definition) is 0. The van der Waals surface area contributed by atoms with E-state index in [1.54, 1.807) is 27.2 Å². The highest BCUT2D eigenvalue weighted by Crippen LogP contribution is 2.34. The van der Waals surface area contributed by atoms with Crippen LogP contribution in [0.1, 0.15) is 130 Å². The maximum absolute atomic E-state index is 12.2. The number of likely N-dealkylation sites (tertiary alicyclic amines) is 1. The zero-order chi connectivity index (χ0) is 25.0. The first-order valence-corrected chi connectivity index (χ1v) is 14.5. The summed E-state index contributed by atoms with van der Waals surface area (Å²) >= 11 is 0. The first kappa shape index (κ1) is 27.7. The molecule has 1 unspecified atom stereocenters. The van der Waals surface area contributed by atoms with E-state index in [2.05, 4.69) is 39.0 Å². The Hall–Kier alpha value is -1.90. The normalized spacial score (nSPS) is 31.2. The minimum Gasteiger partial charge on any atom is -0.282 e. The van der Waals surface area contributed by atoms with Gasteiger partial charge in [0.05, 0.1) is 0 Å². The van der Waals surface area contributed by atoms with Crippen molar-refractivity contribution >= 4 is 11.8 Å². The van der Waals surface area contributed by atoms with Crippen molar-refractivity contribution in [1.29, 1.82) is 0 Å². The quantitative estimate of drug-likeness (QED) is 0.300. The highest BCUT2D eigenvalue weighted by atomic mass is 16.2. The lowest BCUT2D eigenvalue weighted by Gasteiger charge is -2.22. The number of hydrogen-bond acceptors (Lipinski definition) is 2. The maximum atomic E-state index is 12.2.